The van der Waals surface area contributed by atoms with E-state index in [1.165, 1.54) is 21.3 Å². The first kappa shape index (κ1) is 21.5. The van der Waals surface area contributed by atoms with Crippen LogP contribution in [0.15, 0.2) is 36.4 Å². The van der Waals surface area contributed by atoms with E-state index in [9.17, 15) is 9.59 Å². The summed E-state index contributed by atoms with van der Waals surface area (Å²) in [6.07, 6.45) is 0.986. The Hall–Kier alpha value is -3.22. The van der Waals surface area contributed by atoms with Gasteiger partial charge in [-0.25, -0.2) is 0 Å². The van der Waals surface area contributed by atoms with Crippen LogP contribution in [0.25, 0.3) is 0 Å². The third-order valence-corrected chi connectivity index (χ3v) is 5.02. The molecule has 0 N–H and O–H groups in total. The van der Waals surface area contributed by atoms with Crippen LogP contribution >= 0.6 is 0 Å². The number of esters is 1. The van der Waals surface area contributed by atoms with E-state index in [-0.39, 0.29) is 11.3 Å². The molecule has 160 valence electrons. The van der Waals surface area contributed by atoms with Crippen LogP contribution in [0, 0.1) is 5.92 Å². The molecule has 0 unspecified atom stereocenters. The van der Waals surface area contributed by atoms with Crippen molar-refractivity contribution in [2.75, 3.05) is 27.9 Å². The summed E-state index contributed by atoms with van der Waals surface area (Å²) >= 11 is 0. The summed E-state index contributed by atoms with van der Waals surface area (Å²) in [5.41, 5.74) is 0.812. The molecule has 7 heteroatoms. The summed E-state index contributed by atoms with van der Waals surface area (Å²) in [4.78, 5) is 25.9. The third kappa shape index (κ3) is 4.20. The van der Waals surface area contributed by atoms with Crippen LogP contribution in [-0.2, 0) is 9.53 Å². The number of hydrogen-bond donors (Lipinski definition) is 0. The molecule has 2 aromatic rings. The summed E-state index contributed by atoms with van der Waals surface area (Å²) in [7, 11) is 4.29. The van der Waals surface area contributed by atoms with Crippen molar-refractivity contribution >= 4 is 11.8 Å². The fourth-order valence-electron chi connectivity index (χ4n) is 3.40. The molecule has 7 nitrogen and oxygen atoms in total. The zero-order chi connectivity index (χ0) is 21.7. The molecule has 0 radical (unpaired) electrons. The van der Waals surface area contributed by atoms with Crippen LogP contribution < -0.4 is 18.9 Å². The van der Waals surface area contributed by atoms with Crippen LogP contribution in [0.4, 0.5) is 0 Å². The number of fused-ring (bicyclic) bond motifs is 1. The van der Waals surface area contributed by atoms with Crippen molar-refractivity contribution in [3.05, 3.63) is 47.5 Å². The Morgan fingerprint density at radius 1 is 1.03 bits per heavy atom. The molecule has 1 aliphatic rings. The monoisotopic (exact) mass is 414 g/mol. The predicted molar refractivity (Wildman–Crippen MR) is 110 cm³/mol. The van der Waals surface area contributed by atoms with Crippen LogP contribution in [0.2, 0.25) is 0 Å². The molecule has 0 aliphatic carbocycles. The van der Waals surface area contributed by atoms with Crippen molar-refractivity contribution in [3.63, 3.8) is 0 Å². The minimum absolute atomic E-state index is 0.289. The molecule has 30 heavy (non-hydrogen) atoms. The van der Waals surface area contributed by atoms with Gasteiger partial charge in [0.15, 0.2) is 11.7 Å². The van der Waals surface area contributed by atoms with Crippen LogP contribution in [0.1, 0.15) is 41.8 Å². The number of unbranched alkanes of at least 4 members (excludes halogenated alkanes) is 1. The Morgan fingerprint density at radius 2 is 1.80 bits per heavy atom. The first-order valence-corrected chi connectivity index (χ1v) is 9.81. The molecule has 2 atom stereocenters. The van der Waals surface area contributed by atoms with E-state index >= 15 is 0 Å². The van der Waals surface area contributed by atoms with E-state index in [0.717, 1.165) is 12.8 Å². The summed E-state index contributed by atoms with van der Waals surface area (Å²) in [6, 6.07) is 10.2. The molecule has 0 amide bonds. The highest BCUT2D eigenvalue weighted by Crippen LogP contribution is 2.44. The first-order chi connectivity index (χ1) is 14.5. The Bertz CT molecular complexity index is 922. The lowest BCUT2D eigenvalue weighted by atomic mass is 9.85. The van der Waals surface area contributed by atoms with Gasteiger partial charge in [0, 0.05) is 5.56 Å². The molecule has 0 saturated heterocycles. The van der Waals surface area contributed by atoms with E-state index in [0.29, 0.717) is 35.2 Å². The summed E-state index contributed by atoms with van der Waals surface area (Å²) < 4.78 is 27.5. The van der Waals surface area contributed by atoms with Crippen molar-refractivity contribution < 1.29 is 33.3 Å². The molecule has 1 heterocycles. The molecule has 0 spiro atoms. The zero-order valence-electron chi connectivity index (χ0n) is 17.6. The topological polar surface area (TPSA) is 80.3 Å². The van der Waals surface area contributed by atoms with Gasteiger partial charge in [-0.2, -0.15) is 0 Å². The van der Waals surface area contributed by atoms with Gasteiger partial charge in [-0.3, -0.25) is 9.59 Å². The fourth-order valence-corrected chi connectivity index (χ4v) is 3.40. The van der Waals surface area contributed by atoms with Crippen LogP contribution in [0.3, 0.4) is 0 Å². The molecule has 0 fully saturated rings. The number of methoxy groups -OCH3 is 3. The smallest absolute Gasteiger partial charge is 0.320 e. The molecule has 0 bridgehead atoms. The van der Waals surface area contributed by atoms with E-state index in [1.807, 2.05) is 0 Å². The molecule has 2 aromatic carbocycles. The maximum atomic E-state index is 13.3. The van der Waals surface area contributed by atoms with Crippen LogP contribution in [0.5, 0.6) is 23.0 Å². The second-order valence-electron chi connectivity index (χ2n) is 6.87. The van der Waals surface area contributed by atoms with E-state index < -0.39 is 18.0 Å². The van der Waals surface area contributed by atoms with Gasteiger partial charge in [-0.05, 0) is 42.8 Å². The number of benzene rings is 2. The van der Waals surface area contributed by atoms with Gasteiger partial charge in [0.25, 0.3) is 0 Å². The van der Waals surface area contributed by atoms with Gasteiger partial charge in [0.2, 0.25) is 0 Å². The molecule has 0 aromatic heterocycles. The average molecular weight is 414 g/mol. The van der Waals surface area contributed by atoms with Crippen LogP contribution in [-0.4, -0.2) is 39.7 Å². The number of Topliss-reactive ketones (excluding diaryl/α,β-unsaturated/α-hetero) is 1. The Kier molecular flexibility index (Phi) is 6.82. The number of hydrogen-bond acceptors (Lipinski definition) is 7. The van der Waals surface area contributed by atoms with Crippen molar-refractivity contribution in [1.82, 2.24) is 0 Å². The normalized spacial score (nSPS) is 17.5. The summed E-state index contributed by atoms with van der Waals surface area (Å²) in [5.74, 6) is -0.300. The zero-order valence-corrected chi connectivity index (χ0v) is 17.6. The predicted octanol–water partition coefficient (Wildman–Crippen LogP) is 3.99. The van der Waals surface area contributed by atoms with E-state index in [2.05, 4.69) is 6.92 Å². The average Bonchev–Trinajstić information content (AvgIpc) is 2.78. The number of carbonyl (C=O) groups is 2. The number of ketones is 1. The fraction of sp³-hybridized carbons (Fsp3) is 0.391. The highest BCUT2D eigenvalue weighted by Gasteiger charge is 2.45. The van der Waals surface area contributed by atoms with Gasteiger partial charge >= 0.3 is 5.97 Å². The lowest BCUT2D eigenvalue weighted by Crippen LogP contribution is -2.38. The molecule has 1 aliphatic heterocycles. The maximum absolute atomic E-state index is 13.3. The van der Waals surface area contributed by atoms with E-state index in [1.54, 1.807) is 36.4 Å². The molecule has 0 saturated carbocycles. The van der Waals surface area contributed by atoms with Crippen molar-refractivity contribution in [3.8, 4) is 23.0 Å². The Labute approximate surface area is 175 Å². The quantitative estimate of drug-likeness (QED) is 0.367. The van der Waals surface area contributed by atoms with Crippen molar-refractivity contribution in [2.24, 2.45) is 5.92 Å². The molecular formula is C23H26O7. The maximum Gasteiger partial charge on any atom is 0.320 e. The SMILES string of the molecule is CCCCOc1ccc2c(c1)C(=O)[C@H](C(=O)OC)[C@@H](c1cc(OC)ccc1OC)O2. The third-order valence-electron chi connectivity index (χ3n) is 5.02. The second kappa shape index (κ2) is 9.52. The lowest BCUT2D eigenvalue weighted by molar-refractivity contribution is -0.147. The number of rotatable bonds is 8. The van der Waals surface area contributed by atoms with Gasteiger partial charge < -0.3 is 23.7 Å². The highest BCUT2D eigenvalue weighted by atomic mass is 16.5. The van der Waals surface area contributed by atoms with Crippen molar-refractivity contribution in [2.45, 2.75) is 25.9 Å². The number of carbonyl (C=O) groups excluding carboxylic acids is 2. The number of ether oxygens (including phenoxy) is 5. The molecular weight excluding hydrogens is 388 g/mol. The first-order valence-electron chi connectivity index (χ1n) is 9.81. The van der Waals surface area contributed by atoms with Gasteiger partial charge in [-0.15, -0.1) is 0 Å². The lowest BCUT2D eigenvalue weighted by Gasteiger charge is -2.32. The summed E-state index contributed by atoms with van der Waals surface area (Å²) in [6.45, 7) is 2.62. The standard InChI is InChI=1S/C23H26O7/c1-5-6-11-29-15-8-10-19-16(13-15)21(24)20(23(25)28-4)22(30-19)17-12-14(26-2)7-9-18(17)27-3/h7-10,12-13,20,22H,5-6,11H2,1-4H3/t20-,22+/m0/s1. The minimum atomic E-state index is -1.19. The van der Waals surface area contributed by atoms with Crippen molar-refractivity contribution in [1.29, 1.82) is 0 Å². The molecule has 3 rings (SSSR count). The minimum Gasteiger partial charge on any atom is -0.497 e. The Balaban J connectivity index is 2.04. The summed E-state index contributed by atoms with van der Waals surface area (Å²) in [5, 5.41) is 0. The Morgan fingerprint density at radius 3 is 2.47 bits per heavy atom. The largest absolute Gasteiger partial charge is 0.497 e. The second-order valence-corrected chi connectivity index (χ2v) is 6.87. The van der Waals surface area contributed by atoms with E-state index in [4.69, 9.17) is 23.7 Å². The van der Waals surface area contributed by atoms with Gasteiger partial charge in [0.05, 0.1) is 33.5 Å². The van der Waals surface area contributed by atoms with Gasteiger partial charge in [-0.1, -0.05) is 13.3 Å². The highest BCUT2D eigenvalue weighted by molar-refractivity contribution is 6.11. The van der Waals surface area contributed by atoms with Gasteiger partial charge in [0.1, 0.15) is 29.1 Å².